The summed E-state index contributed by atoms with van der Waals surface area (Å²) in [7, 11) is 0. The first kappa shape index (κ1) is 19.1. The summed E-state index contributed by atoms with van der Waals surface area (Å²) in [4.78, 5) is 30.9. The van der Waals surface area contributed by atoms with Crippen LogP contribution in [-0.2, 0) is 0 Å². The lowest BCUT2D eigenvalue weighted by Crippen LogP contribution is -2.15. The number of benzene rings is 1. The molecule has 9 heteroatoms. The molecule has 1 aliphatic rings. The Kier molecular flexibility index (Phi) is 5.06. The largest absolute Gasteiger partial charge is 0.486 e. The summed E-state index contributed by atoms with van der Waals surface area (Å²) in [5.41, 5.74) is 8.53. The molecule has 0 amide bonds. The van der Waals surface area contributed by atoms with Gasteiger partial charge in [0.05, 0.1) is 5.75 Å². The van der Waals surface area contributed by atoms with Crippen LogP contribution in [0.25, 0.3) is 5.69 Å². The first-order chi connectivity index (χ1) is 13.9. The fraction of sp³-hybridized carbons (Fsp3) is 0.250. The van der Waals surface area contributed by atoms with Crippen molar-refractivity contribution in [1.29, 1.82) is 0 Å². The van der Waals surface area contributed by atoms with Gasteiger partial charge in [0.2, 0.25) is 0 Å². The minimum Gasteiger partial charge on any atom is -0.486 e. The van der Waals surface area contributed by atoms with Crippen LogP contribution < -0.4 is 20.8 Å². The molecule has 1 aromatic carbocycles. The molecule has 150 valence electrons. The second-order valence-electron chi connectivity index (χ2n) is 6.64. The molecule has 4 rings (SSSR count). The summed E-state index contributed by atoms with van der Waals surface area (Å²) in [5, 5.41) is 0.323. The molecule has 0 saturated heterocycles. The van der Waals surface area contributed by atoms with E-state index in [0.717, 1.165) is 34.6 Å². The number of nitrogens with two attached hydrogens (primary N) is 1. The predicted molar refractivity (Wildman–Crippen MR) is 111 cm³/mol. The van der Waals surface area contributed by atoms with Crippen molar-refractivity contribution in [1.82, 2.24) is 14.5 Å². The number of aromatic amines is 1. The van der Waals surface area contributed by atoms with E-state index < -0.39 is 0 Å². The molecule has 1 aliphatic heterocycles. The Morgan fingerprint density at radius 1 is 1.21 bits per heavy atom. The normalized spacial score (nSPS) is 12.8. The Balaban J connectivity index is 1.58. The van der Waals surface area contributed by atoms with Crippen LogP contribution in [0.4, 0.5) is 5.82 Å². The number of nitrogen functional groups attached to an aromatic ring is 1. The average molecular weight is 412 g/mol. The number of thioether (sulfide) groups is 1. The van der Waals surface area contributed by atoms with Gasteiger partial charge in [0.15, 0.2) is 22.4 Å². The Hall–Kier alpha value is -3.20. The first-order valence-electron chi connectivity index (χ1n) is 9.04. The molecule has 0 saturated carbocycles. The number of hydrogen-bond donors (Lipinski definition) is 2. The van der Waals surface area contributed by atoms with Crippen LogP contribution >= 0.6 is 11.8 Å². The maximum atomic E-state index is 12.8. The van der Waals surface area contributed by atoms with Crippen LogP contribution in [0.5, 0.6) is 11.5 Å². The number of aryl methyl sites for hydroxylation is 1. The Morgan fingerprint density at radius 3 is 2.72 bits per heavy atom. The minimum atomic E-state index is -0.343. The summed E-state index contributed by atoms with van der Waals surface area (Å²) in [6, 6.07) is 8.80. The summed E-state index contributed by atoms with van der Waals surface area (Å²) in [6.45, 7) is 4.91. The number of nitrogens with zero attached hydrogens (tertiary/aromatic N) is 2. The minimum absolute atomic E-state index is 0.0584. The number of H-pyrrole nitrogens is 1. The molecule has 0 spiro atoms. The van der Waals surface area contributed by atoms with E-state index in [2.05, 4.69) is 9.97 Å². The molecule has 0 aliphatic carbocycles. The maximum absolute atomic E-state index is 12.8. The van der Waals surface area contributed by atoms with E-state index in [1.165, 1.54) is 6.07 Å². The Labute approximate surface area is 171 Å². The molecular formula is C20H20N4O4S. The average Bonchev–Trinajstić information content (AvgIpc) is 2.99. The standard InChI is InChI=1S/C20H20N4O4S/c1-11-7-14(15(25)10-29-20-22-18(21)9-19(26)23-20)12(2)24(11)13-3-4-16-17(8-13)28-6-5-27-16/h3-4,7-9H,5-6,10H2,1-2H3,(H3,21,22,23,26). The SMILES string of the molecule is Cc1cc(C(=O)CSc2nc(N)cc(=O)[nH]2)c(C)n1-c1ccc2c(c1)OCCO2. The molecular weight excluding hydrogens is 392 g/mol. The van der Waals surface area contributed by atoms with E-state index in [9.17, 15) is 9.59 Å². The number of fused-ring (bicyclic) bond motifs is 1. The van der Waals surface area contributed by atoms with Gasteiger partial charge in [0.25, 0.3) is 5.56 Å². The van der Waals surface area contributed by atoms with Gasteiger partial charge in [0.1, 0.15) is 19.0 Å². The molecule has 0 atom stereocenters. The zero-order chi connectivity index (χ0) is 20.5. The second kappa shape index (κ2) is 7.67. The number of ether oxygens (including phenoxy) is 2. The fourth-order valence-corrected chi connectivity index (χ4v) is 4.11. The third-order valence-corrected chi connectivity index (χ3v) is 5.47. The highest BCUT2D eigenvalue weighted by Gasteiger charge is 2.19. The first-order valence-corrected chi connectivity index (χ1v) is 10.0. The highest BCUT2D eigenvalue weighted by atomic mass is 32.2. The molecule has 3 aromatic rings. The zero-order valence-electron chi connectivity index (χ0n) is 16.0. The van der Waals surface area contributed by atoms with E-state index in [-0.39, 0.29) is 22.9 Å². The van der Waals surface area contributed by atoms with Crippen molar-refractivity contribution in [3.05, 3.63) is 57.6 Å². The van der Waals surface area contributed by atoms with Crippen molar-refractivity contribution in [3.8, 4) is 17.2 Å². The van der Waals surface area contributed by atoms with Crippen LogP contribution in [0.1, 0.15) is 21.7 Å². The van der Waals surface area contributed by atoms with E-state index in [1.807, 2.05) is 42.7 Å². The van der Waals surface area contributed by atoms with E-state index in [1.54, 1.807) is 0 Å². The van der Waals surface area contributed by atoms with Gasteiger partial charge in [-0.3, -0.25) is 9.59 Å². The van der Waals surface area contributed by atoms with Crippen LogP contribution in [0.2, 0.25) is 0 Å². The fourth-order valence-electron chi connectivity index (χ4n) is 3.35. The number of ketones is 1. The molecule has 0 unspecified atom stereocenters. The van der Waals surface area contributed by atoms with Gasteiger partial charge in [-0.1, -0.05) is 11.8 Å². The van der Waals surface area contributed by atoms with E-state index in [4.69, 9.17) is 15.2 Å². The van der Waals surface area contributed by atoms with Gasteiger partial charge in [-0.15, -0.1) is 0 Å². The van der Waals surface area contributed by atoms with Crippen molar-refractivity contribution in [2.75, 3.05) is 24.7 Å². The number of nitrogens with one attached hydrogen (secondary N) is 1. The smallest absolute Gasteiger partial charge is 0.253 e. The number of anilines is 1. The number of Topliss-reactive ketones (excluding diaryl/α,β-unsaturated/α-hetero) is 1. The van der Waals surface area contributed by atoms with E-state index >= 15 is 0 Å². The Bertz CT molecular complexity index is 1150. The van der Waals surface area contributed by atoms with Crippen molar-refractivity contribution in [2.24, 2.45) is 0 Å². The lowest BCUT2D eigenvalue weighted by molar-refractivity contribution is 0.102. The number of carbonyl (C=O) groups excluding carboxylic acids is 1. The molecule has 2 aromatic heterocycles. The van der Waals surface area contributed by atoms with Crippen LogP contribution in [0.3, 0.4) is 0 Å². The summed E-state index contributed by atoms with van der Waals surface area (Å²) >= 11 is 1.15. The van der Waals surface area contributed by atoms with Gasteiger partial charge in [0, 0.05) is 34.8 Å². The third-order valence-electron chi connectivity index (χ3n) is 4.60. The van der Waals surface area contributed by atoms with Crippen LogP contribution in [0, 0.1) is 13.8 Å². The lowest BCUT2D eigenvalue weighted by Gasteiger charge is -2.20. The van der Waals surface area contributed by atoms with Gasteiger partial charge in [-0.25, -0.2) is 4.98 Å². The van der Waals surface area contributed by atoms with Crippen molar-refractivity contribution in [2.45, 2.75) is 19.0 Å². The highest BCUT2D eigenvalue weighted by Crippen LogP contribution is 2.33. The monoisotopic (exact) mass is 412 g/mol. The molecule has 29 heavy (non-hydrogen) atoms. The third kappa shape index (κ3) is 3.86. The summed E-state index contributed by atoms with van der Waals surface area (Å²) in [6.07, 6.45) is 0. The van der Waals surface area contributed by atoms with Gasteiger partial charge in [-0.2, -0.15) is 0 Å². The zero-order valence-corrected chi connectivity index (χ0v) is 16.8. The van der Waals surface area contributed by atoms with E-state index in [0.29, 0.717) is 29.7 Å². The van der Waals surface area contributed by atoms with Gasteiger partial charge < -0.3 is 24.8 Å². The molecule has 3 heterocycles. The topological polar surface area (TPSA) is 112 Å². The number of rotatable bonds is 5. The molecule has 0 radical (unpaired) electrons. The maximum Gasteiger partial charge on any atom is 0.253 e. The van der Waals surface area contributed by atoms with Crippen molar-refractivity contribution >= 4 is 23.4 Å². The predicted octanol–water partition coefficient (Wildman–Crippen LogP) is 2.51. The Morgan fingerprint density at radius 2 is 1.97 bits per heavy atom. The molecule has 8 nitrogen and oxygen atoms in total. The van der Waals surface area contributed by atoms with Crippen LogP contribution in [-0.4, -0.2) is 39.3 Å². The molecule has 3 N–H and O–H groups in total. The lowest BCUT2D eigenvalue weighted by atomic mass is 10.2. The quantitative estimate of drug-likeness (QED) is 0.376. The van der Waals surface area contributed by atoms with Crippen LogP contribution in [0.15, 0.2) is 40.3 Å². The number of carbonyl (C=O) groups is 1. The van der Waals surface area contributed by atoms with Gasteiger partial charge >= 0.3 is 0 Å². The van der Waals surface area contributed by atoms with Crippen molar-refractivity contribution < 1.29 is 14.3 Å². The second-order valence-corrected chi connectivity index (χ2v) is 7.60. The van der Waals surface area contributed by atoms with Crippen molar-refractivity contribution in [3.63, 3.8) is 0 Å². The molecule has 0 fully saturated rings. The molecule has 0 bridgehead atoms. The summed E-state index contributed by atoms with van der Waals surface area (Å²) < 4.78 is 13.3. The highest BCUT2D eigenvalue weighted by molar-refractivity contribution is 7.99. The summed E-state index contributed by atoms with van der Waals surface area (Å²) in [5.74, 6) is 1.62. The van der Waals surface area contributed by atoms with Gasteiger partial charge in [-0.05, 0) is 32.0 Å². The number of hydrogen-bond acceptors (Lipinski definition) is 7. The number of aromatic nitrogens is 3.